The molecule has 4 rings (SSSR count). The molecule has 0 saturated carbocycles. The van der Waals surface area contributed by atoms with Crippen molar-refractivity contribution >= 4 is 34.3 Å². The summed E-state index contributed by atoms with van der Waals surface area (Å²) in [5.41, 5.74) is 1.08. The molecule has 8 nitrogen and oxygen atoms in total. The number of anilines is 1. The maximum Gasteiger partial charge on any atom is 0.269 e. The number of carbonyl (C=O) groups is 1. The third-order valence-corrected chi connectivity index (χ3v) is 5.50. The van der Waals surface area contributed by atoms with E-state index in [1.165, 1.54) is 22.7 Å². The fraction of sp³-hybridized carbons (Fsp3) is 0.150. The topological polar surface area (TPSA) is 96.8 Å². The second-order valence-electron chi connectivity index (χ2n) is 6.35. The summed E-state index contributed by atoms with van der Waals surface area (Å²) in [6.45, 7) is 1.79. The fourth-order valence-electron chi connectivity index (χ4n) is 2.95. The van der Waals surface area contributed by atoms with Crippen molar-refractivity contribution in [1.82, 2.24) is 24.7 Å². The first-order chi connectivity index (χ1) is 14.1. The molecule has 29 heavy (non-hydrogen) atoms. The normalized spacial score (nSPS) is 12.1. The Bertz CT molecular complexity index is 1210. The number of amides is 1. The van der Waals surface area contributed by atoms with Gasteiger partial charge in [-0.05, 0) is 31.2 Å². The van der Waals surface area contributed by atoms with Crippen LogP contribution in [0.3, 0.4) is 0 Å². The first kappa shape index (κ1) is 18.9. The molecule has 0 unspecified atom stereocenters. The van der Waals surface area contributed by atoms with E-state index in [9.17, 15) is 9.59 Å². The van der Waals surface area contributed by atoms with Crippen LogP contribution in [0.5, 0.6) is 0 Å². The minimum absolute atomic E-state index is 0.104. The van der Waals surface area contributed by atoms with E-state index in [1.54, 1.807) is 37.1 Å². The number of aromatic nitrogens is 5. The summed E-state index contributed by atoms with van der Waals surface area (Å²) in [6, 6.07) is 16.5. The Morgan fingerprint density at radius 1 is 1.14 bits per heavy atom. The van der Waals surface area contributed by atoms with Crippen LogP contribution in [0.2, 0.25) is 0 Å². The maximum absolute atomic E-state index is 13.1. The summed E-state index contributed by atoms with van der Waals surface area (Å²) in [6.07, 6.45) is 1.32. The van der Waals surface area contributed by atoms with Crippen molar-refractivity contribution in [1.29, 1.82) is 0 Å². The van der Waals surface area contributed by atoms with Crippen LogP contribution in [0.25, 0.3) is 16.9 Å². The van der Waals surface area contributed by atoms with Crippen molar-refractivity contribution in [3.8, 4) is 5.95 Å². The smallest absolute Gasteiger partial charge is 0.269 e. The lowest BCUT2D eigenvalue weighted by Gasteiger charge is -2.21. The number of H-pyrrole nitrogens is 1. The predicted octanol–water partition coefficient (Wildman–Crippen LogP) is 2.65. The van der Waals surface area contributed by atoms with Gasteiger partial charge in [-0.15, -0.1) is 0 Å². The van der Waals surface area contributed by atoms with E-state index in [4.69, 9.17) is 0 Å². The Hall–Kier alpha value is -3.46. The summed E-state index contributed by atoms with van der Waals surface area (Å²) >= 11 is 1.20. The second-order valence-corrected chi connectivity index (χ2v) is 7.66. The highest BCUT2D eigenvalue weighted by molar-refractivity contribution is 8.00. The van der Waals surface area contributed by atoms with Crippen LogP contribution in [0.15, 0.2) is 70.9 Å². The van der Waals surface area contributed by atoms with Crippen molar-refractivity contribution in [3.05, 3.63) is 71.3 Å². The lowest BCUT2D eigenvalue weighted by atomic mass is 10.2. The SMILES string of the molecule is C[C@H](Sc1nc2ccccc2c(=O)n1-c1ncn[nH]1)C(=O)N(C)c1ccccc1. The van der Waals surface area contributed by atoms with Gasteiger partial charge < -0.3 is 4.90 Å². The van der Waals surface area contributed by atoms with Gasteiger partial charge in [0, 0.05) is 12.7 Å². The molecule has 146 valence electrons. The Morgan fingerprint density at radius 3 is 2.59 bits per heavy atom. The molecular weight excluding hydrogens is 388 g/mol. The largest absolute Gasteiger partial charge is 0.315 e. The molecule has 0 aliphatic heterocycles. The van der Waals surface area contributed by atoms with Crippen LogP contribution < -0.4 is 10.5 Å². The van der Waals surface area contributed by atoms with Crippen molar-refractivity contribution in [2.24, 2.45) is 0 Å². The van der Waals surface area contributed by atoms with E-state index in [-0.39, 0.29) is 17.4 Å². The minimum Gasteiger partial charge on any atom is -0.315 e. The zero-order chi connectivity index (χ0) is 20.4. The van der Waals surface area contributed by atoms with Gasteiger partial charge in [-0.25, -0.2) is 14.6 Å². The number of benzene rings is 2. The number of nitrogens with one attached hydrogen (secondary N) is 1. The van der Waals surface area contributed by atoms with Gasteiger partial charge in [0.25, 0.3) is 5.56 Å². The Morgan fingerprint density at radius 2 is 1.86 bits per heavy atom. The molecule has 0 aliphatic rings. The quantitative estimate of drug-likeness (QED) is 0.404. The number of fused-ring (bicyclic) bond motifs is 1. The Kier molecular flexibility index (Phi) is 5.13. The molecule has 1 N–H and O–H groups in total. The molecular formula is C20H18N6O2S. The first-order valence-electron chi connectivity index (χ1n) is 8.93. The van der Waals surface area contributed by atoms with Gasteiger partial charge in [-0.2, -0.15) is 10.1 Å². The molecule has 1 amide bonds. The monoisotopic (exact) mass is 406 g/mol. The van der Waals surface area contributed by atoms with Gasteiger partial charge in [0.1, 0.15) is 6.33 Å². The van der Waals surface area contributed by atoms with Crippen LogP contribution in [0, 0.1) is 0 Å². The zero-order valence-corrected chi connectivity index (χ0v) is 16.6. The third-order valence-electron chi connectivity index (χ3n) is 4.46. The van der Waals surface area contributed by atoms with E-state index >= 15 is 0 Å². The Labute approximate surface area is 170 Å². The van der Waals surface area contributed by atoms with E-state index in [0.717, 1.165) is 5.69 Å². The van der Waals surface area contributed by atoms with Gasteiger partial charge in [0.2, 0.25) is 11.9 Å². The molecule has 2 aromatic heterocycles. The number of hydrogen-bond acceptors (Lipinski definition) is 6. The molecule has 0 spiro atoms. The highest BCUT2D eigenvalue weighted by atomic mass is 32.2. The first-order valence-corrected chi connectivity index (χ1v) is 9.81. The number of carbonyl (C=O) groups excluding carboxylic acids is 1. The molecule has 1 atom stereocenters. The number of aromatic amines is 1. The number of para-hydroxylation sites is 2. The molecule has 0 bridgehead atoms. The Balaban J connectivity index is 1.73. The summed E-state index contributed by atoms with van der Waals surface area (Å²) in [7, 11) is 1.73. The van der Waals surface area contributed by atoms with Gasteiger partial charge in [-0.1, -0.05) is 42.1 Å². The van der Waals surface area contributed by atoms with Crippen molar-refractivity contribution in [2.75, 3.05) is 11.9 Å². The van der Waals surface area contributed by atoms with Crippen molar-refractivity contribution < 1.29 is 4.79 Å². The molecule has 2 aromatic carbocycles. The minimum atomic E-state index is -0.484. The highest BCUT2D eigenvalue weighted by Gasteiger charge is 2.24. The van der Waals surface area contributed by atoms with Gasteiger partial charge in [-0.3, -0.25) is 9.59 Å². The maximum atomic E-state index is 13.1. The van der Waals surface area contributed by atoms with Crippen LogP contribution in [-0.2, 0) is 4.79 Å². The van der Waals surface area contributed by atoms with Crippen molar-refractivity contribution in [2.45, 2.75) is 17.3 Å². The third kappa shape index (κ3) is 3.64. The summed E-state index contributed by atoms with van der Waals surface area (Å²) in [5, 5.41) is 6.89. The highest BCUT2D eigenvalue weighted by Crippen LogP contribution is 2.26. The molecule has 0 radical (unpaired) electrons. The van der Waals surface area contributed by atoms with E-state index in [2.05, 4.69) is 20.2 Å². The van der Waals surface area contributed by atoms with E-state index in [1.807, 2.05) is 36.4 Å². The fourth-order valence-corrected chi connectivity index (χ4v) is 3.95. The average Bonchev–Trinajstić information content (AvgIpc) is 3.27. The van der Waals surface area contributed by atoms with Crippen LogP contribution in [0.4, 0.5) is 5.69 Å². The summed E-state index contributed by atoms with van der Waals surface area (Å²) in [4.78, 5) is 36.3. The molecule has 9 heteroatoms. The lowest BCUT2D eigenvalue weighted by Crippen LogP contribution is -2.34. The number of hydrogen-bond donors (Lipinski definition) is 1. The second kappa shape index (κ2) is 7.88. The molecule has 2 heterocycles. The summed E-state index contributed by atoms with van der Waals surface area (Å²) in [5.74, 6) is 0.152. The molecule has 0 aliphatic carbocycles. The van der Waals surface area contributed by atoms with Crippen LogP contribution in [0.1, 0.15) is 6.92 Å². The predicted molar refractivity (Wildman–Crippen MR) is 112 cm³/mol. The van der Waals surface area contributed by atoms with Crippen LogP contribution in [-0.4, -0.2) is 42.9 Å². The molecule has 4 aromatic rings. The standard InChI is InChI=1S/C20H18N6O2S/c1-13(17(27)25(2)14-8-4-3-5-9-14)29-20-23-16-11-7-6-10-15(16)18(28)26(20)19-21-12-22-24-19/h3-13H,1-2H3,(H,21,22,24)/t13-/m0/s1. The lowest BCUT2D eigenvalue weighted by molar-refractivity contribution is -0.117. The number of thioether (sulfide) groups is 1. The number of nitrogens with zero attached hydrogens (tertiary/aromatic N) is 5. The zero-order valence-electron chi connectivity index (χ0n) is 15.8. The van der Waals surface area contributed by atoms with E-state index < -0.39 is 5.25 Å². The van der Waals surface area contributed by atoms with E-state index in [0.29, 0.717) is 16.1 Å². The molecule has 0 saturated heterocycles. The van der Waals surface area contributed by atoms with Gasteiger partial charge in [0.15, 0.2) is 5.16 Å². The van der Waals surface area contributed by atoms with Gasteiger partial charge in [0.05, 0.1) is 16.2 Å². The summed E-state index contributed by atoms with van der Waals surface area (Å²) < 4.78 is 1.35. The van der Waals surface area contributed by atoms with Crippen LogP contribution >= 0.6 is 11.8 Å². The molecule has 0 fully saturated rings. The average molecular weight is 406 g/mol. The number of rotatable bonds is 5. The van der Waals surface area contributed by atoms with Crippen molar-refractivity contribution in [3.63, 3.8) is 0 Å². The van der Waals surface area contributed by atoms with Gasteiger partial charge >= 0.3 is 0 Å².